The maximum atomic E-state index is 4.80. The van der Waals surface area contributed by atoms with Crippen molar-refractivity contribution in [2.45, 2.75) is 27.2 Å². The van der Waals surface area contributed by atoms with Crippen LogP contribution in [0.5, 0.6) is 0 Å². The Bertz CT molecular complexity index is 1340. The number of pyridine rings is 2. The van der Waals surface area contributed by atoms with Crippen LogP contribution in [0.15, 0.2) is 54.7 Å². The van der Waals surface area contributed by atoms with Crippen molar-refractivity contribution in [3.05, 3.63) is 65.9 Å². The van der Waals surface area contributed by atoms with E-state index in [1.807, 2.05) is 6.20 Å². The predicted octanol–water partition coefficient (Wildman–Crippen LogP) is 5.13. The zero-order valence-corrected chi connectivity index (χ0v) is 16.3. The summed E-state index contributed by atoms with van der Waals surface area (Å²) in [6.45, 7) is 6.73. The summed E-state index contributed by atoms with van der Waals surface area (Å²) in [7, 11) is 2.16. The first kappa shape index (κ1) is 16.2. The van der Waals surface area contributed by atoms with Crippen LogP contribution in [-0.4, -0.2) is 9.38 Å². The molecule has 0 aliphatic carbocycles. The fourth-order valence-corrected chi connectivity index (χ4v) is 4.44. The molecular weight excluding hydrogens is 330 g/mol. The highest BCUT2D eigenvalue weighted by molar-refractivity contribution is 6.11. The maximum Gasteiger partial charge on any atom is 0.297 e. The number of imidazole rings is 1. The van der Waals surface area contributed by atoms with Crippen LogP contribution in [0.2, 0.25) is 0 Å². The van der Waals surface area contributed by atoms with Crippen LogP contribution in [0.1, 0.15) is 25.0 Å². The summed E-state index contributed by atoms with van der Waals surface area (Å²) in [6, 6.07) is 17.6. The van der Waals surface area contributed by atoms with Crippen molar-refractivity contribution in [1.82, 2.24) is 9.38 Å². The molecule has 3 nitrogen and oxygen atoms in total. The number of hydrogen-bond acceptors (Lipinski definition) is 1. The smallest absolute Gasteiger partial charge is 0.255 e. The van der Waals surface area contributed by atoms with Gasteiger partial charge in [-0.15, -0.1) is 0 Å². The summed E-state index contributed by atoms with van der Waals surface area (Å²) >= 11 is 0. The topological polar surface area (TPSA) is 21.2 Å². The second kappa shape index (κ2) is 5.78. The van der Waals surface area contributed by atoms with Crippen LogP contribution in [0, 0.1) is 12.8 Å². The minimum Gasteiger partial charge on any atom is -0.255 e. The van der Waals surface area contributed by atoms with Gasteiger partial charge in [0.1, 0.15) is 5.52 Å². The van der Waals surface area contributed by atoms with Crippen molar-refractivity contribution < 1.29 is 4.57 Å². The first-order chi connectivity index (χ1) is 13.1. The number of aryl methyl sites for hydroxylation is 2. The van der Waals surface area contributed by atoms with Crippen molar-refractivity contribution in [2.75, 3.05) is 0 Å². The largest absolute Gasteiger partial charge is 0.297 e. The zero-order chi connectivity index (χ0) is 18.7. The predicted molar refractivity (Wildman–Crippen MR) is 112 cm³/mol. The van der Waals surface area contributed by atoms with E-state index in [1.54, 1.807) is 0 Å². The zero-order valence-electron chi connectivity index (χ0n) is 16.3. The molecule has 0 saturated carbocycles. The summed E-state index contributed by atoms with van der Waals surface area (Å²) in [6.07, 6.45) is 3.01. The minimum atomic E-state index is 0.635. The van der Waals surface area contributed by atoms with Gasteiger partial charge < -0.3 is 0 Å². The highest BCUT2D eigenvalue weighted by Gasteiger charge is 2.24. The van der Waals surface area contributed by atoms with E-state index in [0.717, 1.165) is 11.9 Å². The Morgan fingerprint density at radius 2 is 1.85 bits per heavy atom. The van der Waals surface area contributed by atoms with Gasteiger partial charge in [0.25, 0.3) is 5.65 Å². The third kappa shape index (κ3) is 2.27. The molecule has 0 saturated heterocycles. The molecular formula is C24H24N3+. The Morgan fingerprint density at radius 3 is 2.67 bits per heavy atom. The van der Waals surface area contributed by atoms with E-state index in [9.17, 15) is 0 Å². The average Bonchev–Trinajstić information content (AvgIpc) is 2.95. The molecule has 0 aliphatic rings. The van der Waals surface area contributed by atoms with Crippen molar-refractivity contribution in [3.8, 4) is 0 Å². The van der Waals surface area contributed by atoms with Crippen molar-refractivity contribution >= 4 is 38.5 Å². The molecule has 5 rings (SSSR count). The molecule has 0 radical (unpaired) electrons. The Hall–Kier alpha value is -2.94. The second-order valence-electron chi connectivity index (χ2n) is 8.01. The number of rotatable bonds is 2. The van der Waals surface area contributed by atoms with Gasteiger partial charge in [0.15, 0.2) is 11.0 Å². The van der Waals surface area contributed by atoms with Gasteiger partial charge in [-0.1, -0.05) is 32.0 Å². The van der Waals surface area contributed by atoms with Gasteiger partial charge in [-0.3, -0.25) is 4.98 Å². The molecule has 2 aromatic carbocycles. The molecule has 3 heteroatoms. The third-order valence-electron chi connectivity index (χ3n) is 5.60. The monoisotopic (exact) mass is 354 g/mol. The molecule has 0 unspecified atom stereocenters. The van der Waals surface area contributed by atoms with Crippen molar-refractivity contribution in [2.24, 2.45) is 13.0 Å². The Balaban J connectivity index is 2.10. The SMILES string of the molecule is Cc1ccnc2c3ccc(CC(C)C)cc3n3c4ccccc4[n+](C)c3c12. The Kier molecular flexibility index (Phi) is 3.48. The first-order valence-electron chi connectivity index (χ1n) is 9.65. The van der Waals surface area contributed by atoms with Gasteiger partial charge in [-0.2, -0.15) is 4.40 Å². The van der Waals surface area contributed by atoms with Gasteiger partial charge in [-0.05, 0) is 60.7 Å². The van der Waals surface area contributed by atoms with Crippen LogP contribution in [0.25, 0.3) is 38.5 Å². The lowest BCUT2D eigenvalue weighted by Gasteiger charge is -2.09. The van der Waals surface area contributed by atoms with Crippen LogP contribution >= 0.6 is 0 Å². The Morgan fingerprint density at radius 1 is 1.04 bits per heavy atom. The highest BCUT2D eigenvalue weighted by Crippen LogP contribution is 2.32. The van der Waals surface area contributed by atoms with E-state index >= 15 is 0 Å². The normalized spacial score (nSPS) is 12.2. The van der Waals surface area contributed by atoms with Crippen molar-refractivity contribution in [3.63, 3.8) is 0 Å². The fourth-order valence-electron chi connectivity index (χ4n) is 4.44. The summed E-state index contributed by atoms with van der Waals surface area (Å²) in [5.74, 6) is 0.635. The fraction of sp³-hybridized carbons (Fsp3) is 0.250. The number of aromatic nitrogens is 3. The van der Waals surface area contributed by atoms with Gasteiger partial charge in [0, 0.05) is 11.6 Å². The minimum absolute atomic E-state index is 0.635. The molecule has 0 aliphatic heterocycles. The molecule has 27 heavy (non-hydrogen) atoms. The molecule has 0 amide bonds. The number of nitrogens with zero attached hydrogens (tertiary/aromatic N) is 3. The quantitative estimate of drug-likeness (QED) is 0.318. The molecule has 3 aromatic heterocycles. The average molecular weight is 354 g/mol. The van der Waals surface area contributed by atoms with Crippen LogP contribution in [0.4, 0.5) is 0 Å². The molecule has 5 aromatic rings. The summed E-state index contributed by atoms with van der Waals surface area (Å²) in [5, 5.41) is 2.45. The van der Waals surface area contributed by atoms with E-state index in [2.05, 4.69) is 85.3 Å². The molecule has 0 fully saturated rings. The first-order valence-corrected chi connectivity index (χ1v) is 9.65. The van der Waals surface area contributed by atoms with E-state index in [0.29, 0.717) is 5.92 Å². The van der Waals surface area contributed by atoms with E-state index in [-0.39, 0.29) is 0 Å². The van der Waals surface area contributed by atoms with Crippen LogP contribution in [-0.2, 0) is 13.5 Å². The van der Waals surface area contributed by atoms with Gasteiger partial charge in [-0.25, -0.2) is 4.57 Å². The maximum absolute atomic E-state index is 4.80. The van der Waals surface area contributed by atoms with Crippen molar-refractivity contribution in [1.29, 1.82) is 0 Å². The van der Waals surface area contributed by atoms with E-state index in [1.165, 1.54) is 44.1 Å². The Labute approximate surface area is 158 Å². The lowest BCUT2D eigenvalue weighted by molar-refractivity contribution is -0.617. The lowest BCUT2D eigenvalue weighted by Crippen LogP contribution is -2.27. The standard InChI is InChI=1S/C24H24N3/c1-15(2)13-17-9-10-18-21(14-17)27-20-8-6-5-7-19(20)26(4)24(27)22-16(3)11-12-25-23(18)22/h5-12,14-15H,13H2,1-4H3/q+1. The summed E-state index contributed by atoms with van der Waals surface area (Å²) < 4.78 is 4.73. The molecule has 0 N–H and O–H groups in total. The van der Waals surface area contributed by atoms with Gasteiger partial charge in [0.05, 0.1) is 18.0 Å². The molecule has 134 valence electrons. The summed E-state index contributed by atoms with van der Waals surface area (Å²) in [4.78, 5) is 4.80. The summed E-state index contributed by atoms with van der Waals surface area (Å²) in [5.41, 5.74) is 8.67. The van der Waals surface area contributed by atoms with Gasteiger partial charge >= 0.3 is 0 Å². The number of hydrogen-bond donors (Lipinski definition) is 0. The number of benzene rings is 2. The molecule has 0 atom stereocenters. The molecule has 0 bridgehead atoms. The van der Waals surface area contributed by atoms with Crippen LogP contribution < -0.4 is 4.57 Å². The number of fused-ring (bicyclic) bond motifs is 8. The molecule has 3 heterocycles. The highest BCUT2D eigenvalue weighted by atomic mass is 15.1. The van der Waals surface area contributed by atoms with Gasteiger partial charge in [0.2, 0.25) is 0 Å². The lowest BCUT2D eigenvalue weighted by atomic mass is 10.00. The second-order valence-corrected chi connectivity index (χ2v) is 8.01. The molecule has 0 spiro atoms. The number of para-hydroxylation sites is 2. The van der Waals surface area contributed by atoms with E-state index in [4.69, 9.17) is 4.98 Å². The van der Waals surface area contributed by atoms with E-state index < -0.39 is 0 Å². The van der Waals surface area contributed by atoms with Crippen LogP contribution in [0.3, 0.4) is 0 Å². The third-order valence-corrected chi connectivity index (χ3v) is 5.60.